The van der Waals surface area contributed by atoms with Crippen molar-refractivity contribution in [1.82, 2.24) is 9.97 Å². The van der Waals surface area contributed by atoms with E-state index in [1.807, 2.05) is 24.3 Å². The van der Waals surface area contributed by atoms with E-state index in [9.17, 15) is 0 Å². The fourth-order valence-electron chi connectivity index (χ4n) is 1.31. The molecule has 0 amide bonds. The molecule has 0 unspecified atom stereocenters. The maximum absolute atomic E-state index is 5.72. The van der Waals surface area contributed by atoms with Crippen molar-refractivity contribution in [3.63, 3.8) is 0 Å². The maximum Gasteiger partial charge on any atom is 0.145 e. The van der Waals surface area contributed by atoms with E-state index < -0.39 is 0 Å². The van der Waals surface area contributed by atoms with Crippen molar-refractivity contribution in [3.05, 3.63) is 52.4 Å². The van der Waals surface area contributed by atoms with Crippen LogP contribution in [0.3, 0.4) is 0 Å². The molecule has 2 rings (SSSR count). The lowest BCUT2D eigenvalue weighted by Crippen LogP contribution is -2.00. The minimum Gasteiger partial charge on any atom is -0.382 e. The van der Waals surface area contributed by atoms with Crippen molar-refractivity contribution < 1.29 is 0 Å². The molecule has 0 aliphatic rings. The van der Waals surface area contributed by atoms with Gasteiger partial charge >= 0.3 is 0 Å². The fraction of sp³-hybridized carbons (Fsp3) is 0.0909. The van der Waals surface area contributed by atoms with E-state index in [1.165, 1.54) is 5.56 Å². The smallest absolute Gasteiger partial charge is 0.145 e. The van der Waals surface area contributed by atoms with Gasteiger partial charge in [-0.1, -0.05) is 28.1 Å². The van der Waals surface area contributed by atoms with Gasteiger partial charge in [0.05, 0.1) is 5.69 Å². The zero-order valence-corrected chi connectivity index (χ0v) is 9.61. The van der Waals surface area contributed by atoms with Gasteiger partial charge in [0.1, 0.15) is 5.82 Å². The molecule has 15 heavy (non-hydrogen) atoms. The van der Waals surface area contributed by atoms with Crippen LogP contribution >= 0.6 is 15.9 Å². The average molecular weight is 264 g/mol. The van der Waals surface area contributed by atoms with E-state index in [4.69, 9.17) is 5.73 Å². The quantitative estimate of drug-likeness (QED) is 0.906. The summed E-state index contributed by atoms with van der Waals surface area (Å²) in [6.07, 6.45) is 3.97. The molecular weight excluding hydrogens is 254 g/mol. The number of nitrogen functional groups attached to an aromatic ring is 1. The van der Waals surface area contributed by atoms with E-state index in [1.54, 1.807) is 12.4 Å². The van der Waals surface area contributed by atoms with Crippen molar-refractivity contribution in [2.45, 2.75) is 6.42 Å². The highest BCUT2D eigenvalue weighted by molar-refractivity contribution is 9.10. The lowest BCUT2D eigenvalue weighted by Gasteiger charge is -2.03. The third-order valence-electron chi connectivity index (χ3n) is 2.09. The molecule has 3 nitrogen and oxygen atoms in total. The second-order valence-electron chi connectivity index (χ2n) is 3.19. The summed E-state index contributed by atoms with van der Waals surface area (Å²) in [6, 6.07) is 8.08. The molecule has 1 aromatic carbocycles. The highest BCUT2D eigenvalue weighted by atomic mass is 79.9. The number of benzene rings is 1. The molecule has 0 radical (unpaired) electrons. The topological polar surface area (TPSA) is 51.8 Å². The Morgan fingerprint density at radius 3 is 2.40 bits per heavy atom. The van der Waals surface area contributed by atoms with Gasteiger partial charge in [-0.05, 0) is 17.7 Å². The summed E-state index contributed by atoms with van der Waals surface area (Å²) in [4.78, 5) is 8.20. The molecule has 0 fully saturated rings. The molecule has 1 aromatic heterocycles. The van der Waals surface area contributed by atoms with E-state index in [-0.39, 0.29) is 0 Å². The van der Waals surface area contributed by atoms with E-state index in [0.29, 0.717) is 12.2 Å². The second kappa shape index (κ2) is 4.40. The Hall–Kier alpha value is -1.42. The summed E-state index contributed by atoms with van der Waals surface area (Å²) >= 11 is 3.39. The Labute approximate surface area is 96.5 Å². The van der Waals surface area contributed by atoms with Crippen molar-refractivity contribution in [3.8, 4) is 0 Å². The second-order valence-corrected chi connectivity index (χ2v) is 4.11. The summed E-state index contributed by atoms with van der Waals surface area (Å²) in [6.45, 7) is 0. The molecule has 0 spiro atoms. The molecule has 2 aromatic rings. The number of hydrogen-bond acceptors (Lipinski definition) is 3. The van der Waals surface area contributed by atoms with Gasteiger partial charge in [0.15, 0.2) is 0 Å². The highest BCUT2D eigenvalue weighted by Crippen LogP contribution is 2.14. The van der Waals surface area contributed by atoms with Crippen molar-refractivity contribution >= 4 is 21.7 Å². The maximum atomic E-state index is 5.72. The third-order valence-corrected chi connectivity index (χ3v) is 2.62. The van der Waals surface area contributed by atoms with Crippen LogP contribution in [-0.2, 0) is 6.42 Å². The lowest BCUT2D eigenvalue weighted by molar-refractivity contribution is 1.04. The van der Waals surface area contributed by atoms with Crippen LogP contribution in [0.4, 0.5) is 5.82 Å². The van der Waals surface area contributed by atoms with Crippen LogP contribution in [0.2, 0.25) is 0 Å². The molecule has 0 atom stereocenters. The Morgan fingerprint density at radius 2 is 1.73 bits per heavy atom. The fourth-order valence-corrected chi connectivity index (χ4v) is 1.57. The zero-order chi connectivity index (χ0) is 10.7. The largest absolute Gasteiger partial charge is 0.382 e. The summed E-state index contributed by atoms with van der Waals surface area (Å²) in [7, 11) is 0. The van der Waals surface area contributed by atoms with Gasteiger partial charge in [-0.25, -0.2) is 4.98 Å². The minimum atomic E-state index is 0.500. The Bertz CT molecular complexity index is 454. The first-order chi connectivity index (χ1) is 7.25. The van der Waals surface area contributed by atoms with Gasteiger partial charge in [0, 0.05) is 23.3 Å². The first-order valence-electron chi connectivity index (χ1n) is 4.55. The van der Waals surface area contributed by atoms with Crippen LogP contribution in [0.1, 0.15) is 11.3 Å². The number of anilines is 1. The van der Waals surface area contributed by atoms with Gasteiger partial charge in [-0.15, -0.1) is 0 Å². The summed E-state index contributed by atoms with van der Waals surface area (Å²) in [5, 5.41) is 0. The minimum absolute atomic E-state index is 0.500. The normalized spacial score (nSPS) is 10.2. The first kappa shape index (κ1) is 10.1. The molecule has 76 valence electrons. The van der Waals surface area contributed by atoms with Crippen LogP contribution in [0.5, 0.6) is 0 Å². The average Bonchev–Trinajstić information content (AvgIpc) is 2.25. The molecule has 0 saturated heterocycles. The Balaban J connectivity index is 2.22. The number of rotatable bonds is 2. The molecule has 0 aliphatic heterocycles. The predicted octanol–water partition coefficient (Wildman–Crippen LogP) is 2.41. The standard InChI is InChI=1S/C11H10BrN3/c12-9-3-1-8(2-4-9)7-10-11(13)15-6-5-14-10/h1-6H,7H2,(H2,13,15). The van der Waals surface area contributed by atoms with E-state index in [2.05, 4.69) is 25.9 Å². The molecule has 0 bridgehead atoms. The van der Waals surface area contributed by atoms with Crippen molar-refractivity contribution in [2.75, 3.05) is 5.73 Å². The van der Waals surface area contributed by atoms with Gasteiger partial charge < -0.3 is 5.73 Å². The molecular formula is C11H10BrN3. The number of nitrogens with zero attached hydrogens (tertiary/aromatic N) is 2. The van der Waals surface area contributed by atoms with Crippen LogP contribution in [-0.4, -0.2) is 9.97 Å². The third kappa shape index (κ3) is 2.53. The number of hydrogen-bond donors (Lipinski definition) is 1. The van der Waals surface area contributed by atoms with Crippen molar-refractivity contribution in [2.24, 2.45) is 0 Å². The molecule has 2 N–H and O–H groups in total. The number of aromatic nitrogens is 2. The van der Waals surface area contributed by atoms with Crippen LogP contribution < -0.4 is 5.73 Å². The number of nitrogens with two attached hydrogens (primary N) is 1. The van der Waals surface area contributed by atoms with E-state index >= 15 is 0 Å². The van der Waals surface area contributed by atoms with Gasteiger partial charge in [-0.2, -0.15) is 0 Å². The van der Waals surface area contributed by atoms with E-state index in [0.717, 1.165) is 10.2 Å². The summed E-state index contributed by atoms with van der Waals surface area (Å²) in [5.74, 6) is 0.500. The summed E-state index contributed by atoms with van der Waals surface area (Å²) in [5.41, 5.74) is 7.71. The number of halogens is 1. The van der Waals surface area contributed by atoms with Gasteiger partial charge in [0.2, 0.25) is 0 Å². The van der Waals surface area contributed by atoms with Gasteiger partial charge in [0.25, 0.3) is 0 Å². The predicted molar refractivity (Wildman–Crippen MR) is 63.4 cm³/mol. The monoisotopic (exact) mass is 263 g/mol. The molecule has 0 saturated carbocycles. The molecule has 4 heteroatoms. The van der Waals surface area contributed by atoms with Crippen LogP contribution in [0.15, 0.2) is 41.1 Å². The van der Waals surface area contributed by atoms with Crippen molar-refractivity contribution in [1.29, 1.82) is 0 Å². The highest BCUT2D eigenvalue weighted by Gasteiger charge is 2.02. The zero-order valence-electron chi connectivity index (χ0n) is 8.02. The first-order valence-corrected chi connectivity index (χ1v) is 5.35. The molecule has 1 heterocycles. The Kier molecular flexibility index (Phi) is 2.97. The Morgan fingerprint density at radius 1 is 1.07 bits per heavy atom. The van der Waals surface area contributed by atoms with Gasteiger partial charge in [-0.3, -0.25) is 4.98 Å². The van der Waals surface area contributed by atoms with Crippen LogP contribution in [0.25, 0.3) is 0 Å². The summed E-state index contributed by atoms with van der Waals surface area (Å²) < 4.78 is 1.07. The lowest BCUT2D eigenvalue weighted by atomic mass is 10.1. The molecule has 0 aliphatic carbocycles. The van der Waals surface area contributed by atoms with Crippen LogP contribution in [0, 0.1) is 0 Å². The SMILES string of the molecule is Nc1nccnc1Cc1ccc(Br)cc1.